The molecule has 0 heterocycles. The first-order valence-corrected chi connectivity index (χ1v) is 3.28. The highest BCUT2D eigenvalue weighted by molar-refractivity contribution is 5.26. The fourth-order valence-electron chi connectivity index (χ4n) is 0.805. The normalized spacial score (nSPS) is 14.8. The summed E-state index contributed by atoms with van der Waals surface area (Å²) in [6.45, 7) is 0.0838. The van der Waals surface area contributed by atoms with Crippen LogP contribution in [0.25, 0.3) is 0 Å². The Hall–Kier alpha value is -1.02. The van der Waals surface area contributed by atoms with Crippen molar-refractivity contribution in [2.45, 2.75) is 6.61 Å². The summed E-state index contributed by atoms with van der Waals surface area (Å²) in [6, 6.07) is 7.06. The molecule has 1 aromatic rings. The van der Waals surface area contributed by atoms with Crippen molar-refractivity contribution in [1.29, 1.82) is 0 Å². The maximum absolute atomic E-state index is 6.85. The summed E-state index contributed by atoms with van der Waals surface area (Å²) in [5.41, 5.74) is 0.807. The molecule has 0 fully saturated rings. The summed E-state index contributed by atoms with van der Waals surface area (Å²) in [5.74, 6) is 0.739. The van der Waals surface area contributed by atoms with Gasteiger partial charge in [0.2, 0.25) is 0 Å². The molecule has 11 heavy (non-hydrogen) atoms. The van der Waals surface area contributed by atoms with Gasteiger partial charge in [0.1, 0.15) is 5.75 Å². The van der Waals surface area contributed by atoms with E-state index < -0.39 is 7.04 Å². The molecule has 1 rings (SSSR count). The highest BCUT2D eigenvalue weighted by Gasteiger charge is 1.91. The Labute approximate surface area is 71.0 Å². The second kappa shape index (κ2) is 3.98. The van der Waals surface area contributed by atoms with Gasteiger partial charge in [-0.25, -0.2) is 0 Å². The number of hydrogen-bond acceptors (Lipinski definition) is 2. The molecule has 0 radical (unpaired) electrons. The van der Waals surface area contributed by atoms with Gasteiger partial charge in [0, 0.05) is 7.04 Å². The molecule has 2 nitrogen and oxygen atoms in total. The van der Waals surface area contributed by atoms with Crippen molar-refractivity contribution in [2.75, 3.05) is 14.1 Å². The van der Waals surface area contributed by atoms with E-state index in [2.05, 4.69) is 4.74 Å². The third-order valence-electron chi connectivity index (χ3n) is 1.40. The molecular formula is C9H12O2. The van der Waals surface area contributed by atoms with Crippen LogP contribution in [0.4, 0.5) is 0 Å². The smallest absolute Gasteiger partial charge is 0.118 e. The van der Waals surface area contributed by atoms with E-state index in [9.17, 15) is 0 Å². The van der Waals surface area contributed by atoms with E-state index in [-0.39, 0.29) is 6.61 Å². The van der Waals surface area contributed by atoms with E-state index in [1.54, 1.807) is 31.4 Å². The Balaban J connectivity index is 2.52. The fourth-order valence-corrected chi connectivity index (χ4v) is 0.805. The summed E-state index contributed by atoms with van der Waals surface area (Å²) >= 11 is 0. The summed E-state index contributed by atoms with van der Waals surface area (Å²) in [6.07, 6.45) is 0. The predicted octanol–water partition coefficient (Wildman–Crippen LogP) is 1.84. The van der Waals surface area contributed by atoms with Gasteiger partial charge in [-0.3, -0.25) is 0 Å². The standard InChI is InChI=1S/C9H12O2/c1-10-7-8-3-5-9(11-2)6-4-8/h3-6H,7H2,1-2H3/i1D3. The number of benzene rings is 1. The van der Waals surface area contributed by atoms with Crippen molar-refractivity contribution in [3.63, 3.8) is 0 Å². The minimum Gasteiger partial charge on any atom is -0.497 e. The third kappa shape index (κ3) is 2.24. The lowest BCUT2D eigenvalue weighted by Crippen LogP contribution is -1.87. The summed E-state index contributed by atoms with van der Waals surface area (Å²) < 4.78 is 30.1. The zero-order valence-corrected chi connectivity index (χ0v) is 6.33. The largest absolute Gasteiger partial charge is 0.497 e. The predicted molar refractivity (Wildman–Crippen MR) is 43.7 cm³/mol. The van der Waals surface area contributed by atoms with E-state index in [1.807, 2.05) is 0 Å². The van der Waals surface area contributed by atoms with Crippen LogP contribution in [0, 0.1) is 0 Å². The molecule has 0 spiro atoms. The Kier molecular flexibility index (Phi) is 1.73. The molecule has 0 saturated heterocycles. The van der Waals surface area contributed by atoms with Crippen LogP contribution in [0.2, 0.25) is 0 Å². The zero-order valence-electron chi connectivity index (χ0n) is 9.33. The number of rotatable bonds is 3. The van der Waals surface area contributed by atoms with Crippen molar-refractivity contribution in [2.24, 2.45) is 0 Å². The summed E-state index contributed by atoms with van der Waals surface area (Å²) in [7, 11) is -0.756. The molecule has 0 aliphatic heterocycles. The molecule has 0 aliphatic carbocycles. The fraction of sp³-hybridized carbons (Fsp3) is 0.333. The molecule has 0 atom stereocenters. The third-order valence-corrected chi connectivity index (χ3v) is 1.40. The van der Waals surface area contributed by atoms with Gasteiger partial charge in [-0.15, -0.1) is 0 Å². The number of ether oxygens (including phenoxy) is 2. The van der Waals surface area contributed by atoms with Crippen LogP contribution in [-0.2, 0) is 11.3 Å². The lowest BCUT2D eigenvalue weighted by molar-refractivity contribution is 0.185. The molecule has 1 aromatic carbocycles. The van der Waals surface area contributed by atoms with Gasteiger partial charge in [0.15, 0.2) is 0 Å². The van der Waals surface area contributed by atoms with E-state index in [0.29, 0.717) is 0 Å². The van der Waals surface area contributed by atoms with Crippen molar-refractivity contribution < 1.29 is 13.6 Å². The van der Waals surface area contributed by atoms with Crippen molar-refractivity contribution >= 4 is 0 Å². The van der Waals surface area contributed by atoms with Crippen LogP contribution in [0.15, 0.2) is 24.3 Å². The van der Waals surface area contributed by atoms with Crippen molar-refractivity contribution in [3.8, 4) is 5.75 Å². The lowest BCUT2D eigenvalue weighted by Gasteiger charge is -2.01. The average molecular weight is 155 g/mol. The maximum Gasteiger partial charge on any atom is 0.118 e. The summed E-state index contributed by atoms with van der Waals surface area (Å²) in [4.78, 5) is 0. The second-order valence-electron chi connectivity index (χ2n) is 2.14. The number of hydrogen-bond donors (Lipinski definition) is 0. The van der Waals surface area contributed by atoms with E-state index >= 15 is 0 Å². The Morgan fingerprint density at radius 2 is 2.09 bits per heavy atom. The first-order chi connectivity index (χ1) is 6.51. The molecule has 0 amide bonds. The SMILES string of the molecule is [2H]C([2H])([2H])OCc1ccc(OC)cc1. The summed E-state index contributed by atoms with van der Waals surface area (Å²) in [5, 5.41) is 0. The Morgan fingerprint density at radius 3 is 2.64 bits per heavy atom. The minimum atomic E-state index is -2.33. The van der Waals surface area contributed by atoms with Gasteiger partial charge in [-0.2, -0.15) is 0 Å². The first kappa shape index (κ1) is 4.78. The monoisotopic (exact) mass is 155 g/mol. The molecule has 0 N–H and O–H groups in total. The topological polar surface area (TPSA) is 18.5 Å². The van der Waals surface area contributed by atoms with Gasteiger partial charge in [-0.05, 0) is 17.7 Å². The van der Waals surface area contributed by atoms with Gasteiger partial charge in [0.25, 0.3) is 0 Å². The molecule has 0 unspecified atom stereocenters. The van der Waals surface area contributed by atoms with Gasteiger partial charge < -0.3 is 9.47 Å². The quantitative estimate of drug-likeness (QED) is 0.663. The van der Waals surface area contributed by atoms with Crippen LogP contribution in [0.5, 0.6) is 5.75 Å². The lowest BCUT2D eigenvalue weighted by atomic mass is 10.2. The minimum absolute atomic E-state index is 0.0838. The van der Waals surface area contributed by atoms with Crippen LogP contribution in [0.3, 0.4) is 0 Å². The average Bonchev–Trinajstić information content (AvgIpc) is 2.14. The van der Waals surface area contributed by atoms with Crippen molar-refractivity contribution in [1.82, 2.24) is 0 Å². The first-order valence-electron chi connectivity index (χ1n) is 4.78. The van der Waals surface area contributed by atoms with Crippen LogP contribution >= 0.6 is 0 Å². The molecule has 0 saturated carbocycles. The molecule has 0 bridgehead atoms. The van der Waals surface area contributed by atoms with Crippen LogP contribution in [0.1, 0.15) is 9.68 Å². The Bertz CT molecular complexity index is 279. The van der Waals surface area contributed by atoms with Crippen LogP contribution < -0.4 is 4.74 Å². The molecule has 0 aliphatic rings. The van der Waals surface area contributed by atoms with Gasteiger partial charge in [0.05, 0.1) is 17.8 Å². The molecule has 2 heteroatoms. The zero-order chi connectivity index (χ0) is 10.6. The molecular weight excluding hydrogens is 140 g/mol. The number of methoxy groups -OCH3 is 2. The van der Waals surface area contributed by atoms with Gasteiger partial charge in [-0.1, -0.05) is 12.1 Å². The maximum atomic E-state index is 6.85. The highest BCUT2D eigenvalue weighted by atomic mass is 16.5. The molecule has 0 aromatic heterocycles. The van der Waals surface area contributed by atoms with Crippen LogP contribution in [-0.4, -0.2) is 14.1 Å². The van der Waals surface area contributed by atoms with E-state index in [0.717, 1.165) is 11.3 Å². The van der Waals surface area contributed by atoms with Crippen molar-refractivity contribution in [3.05, 3.63) is 29.8 Å². The molecule has 60 valence electrons. The highest BCUT2D eigenvalue weighted by Crippen LogP contribution is 2.11. The Morgan fingerprint density at radius 1 is 1.36 bits per heavy atom. The van der Waals surface area contributed by atoms with E-state index in [1.165, 1.54) is 0 Å². The van der Waals surface area contributed by atoms with Gasteiger partial charge >= 0.3 is 0 Å². The van der Waals surface area contributed by atoms with E-state index in [4.69, 9.17) is 8.85 Å². The second-order valence-corrected chi connectivity index (χ2v) is 2.14.